The Morgan fingerprint density at radius 2 is 1.58 bits per heavy atom. The van der Waals surface area contributed by atoms with Gasteiger partial charge in [-0.3, -0.25) is 13.9 Å². The van der Waals surface area contributed by atoms with Gasteiger partial charge in [-0.15, -0.1) is 0 Å². The monoisotopic (exact) mass is 493 g/mol. The molecule has 1 atom stereocenters. The van der Waals surface area contributed by atoms with Crippen LogP contribution in [0.25, 0.3) is 0 Å². The number of carbonyl (C=O) groups excluding carboxylic acids is 2. The number of sulfonamides is 1. The summed E-state index contributed by atoms with van der Waals surface area (Å²) in [7, 11) is -3.78. The van der Waals surface area contributed by atoms with Crippen LogP contribution in [0.5, 0.6) is 0 Å². The molecule has 0 saturated heterocycles. The van der Waals surface area contributed by atoms with E-state index in [0.717, 1.165) is 21.7 Å². The van der Waals surface area contributed by atoms with Gasteiger partial charge in [0.15, 0.2) is 0 Å². The van der Waals surface area contributed by atoms with E-state index in [2.05, 4.69) is 5.32 Å². The van der Waals surface area contributed by atoms with Gasteiger partial charge in [0, 0.05) is 17.6 Å². The van der Waals surface area contributed by atoms with Gasteiger partial charge in [0.05, 0.1) is 11.9 Å². The predicted octanol–water partition coefficient (Wildman–Crippen LogP) is 3.66. The van der Waals surface area contributed by atoms with Gasteiger partial charge in [-0.1, -0.05) is 48.0 Å². The number of nitrogens with one attached hydrogen (secondary N) is 1. The largest absolute Gasteiger partial charge is 0.352 e. The van der Waals surface area contributed by atoms with Crippen molar-refractivity contribution in [3.63, 3.8) is 0 Å². The Morgan fingerprint density at radius 3 is 2.09 bits per heavy atom. The smallest absolute Gasteiger partial charge is 0.244 e. The highest BCUT2D eigenvalue weighted by atomic mass is 35.5. The minimum atomic E-state index is -3.78. The third-order valence-electron chi connectivity index (χ3n) is 5.26. The van der Waals surface area contributed by atoms with E-state index >= 15 is 0 Å². The van der Waals surface area contributed by atoms with Crippen molar-refractivity contribution in [2.24, 2.45) is 0 Å². The number of para-hydroxylation sites is 1. The lowest BCUT2D eigenvalue weighted by Gasteiger charge is -2.32. The lowest BCUT2D eigenvalue weighted by atomic mass is 10.1. The fourth-order valence-corrected chi connectivity index (χ4v) is 4.73. The molecule has 2 aromatic rings. The Bertz CT molecular complexity index is 1100. The maximum Gasteiger partial charge on any atom is 0.244 e. The van der Waals surface area contributed by atoms with Crippen molar-refractivity contribution in [1.29, 1.82) is 0 Å². The molecule has 0 bridgehead atoms. The molecule has 9 heteroatoms. The van der Waals surface area contributed by atoms with Crippen molar-refractivity contribution in [2.75, 3.05) is 17.1 Å². The van der Waals surface area contributed by atoms with Gasteiger partial charge >= 0.3 is 0 Å². The fourth-order valence-electron chi connectivity index (χ4n) is 3.57. The second-order valence-corrected chi connectivity index (χ2v) is 10.8. The van der Waals surface area contributed by atoms with Crippen molar-refractivity contribution in [3.8, 4) is 0 Å². The summed E-state index contributed by atoms with van der Waals surface area (Å²) < 4.78 is 26.5. The predicted molar refractivity (Wildman–Crippen MR) is 133 cm³/mol. The number of anilines is 1. The van der Waals surface area contributed by atoms with Crippen LogP contribution in [-0.2, 0) is 26.2 Å². The molecule has 2 amide bonds. The highest BCUT2D eigenvalue weighted by Crippen LogP contribution is 2.27. The zero-order chi connectivity index (χ0) is 24.9. The van der Waals surface area contributed by atoms with Crippen LogP contribution in [0.1, 0.15) is 37.5 Å². The number of nitrogens with zero attached hydrogens (tertiary/aromatic N) is 2. The average Bonchev–Trinajstić information content (AvgIpc) is 2.70. The Morgan fingerprint density at radius 1 is 1.00 bits per heavy atom. The molecule has 2 rings (SSSR count). The van der Waals surface area contributed by atoms with E-state index in [0.29, 0.717) is 16.3 Å². The van der Waals surface area contributed by atoms with Crippen LogP contribution in [0, 0.1) is 13.8 Å². The van der Waals surface area contributed by atoms with E-state index in [4.69, 9.17) is 11.6 Å². The number of benzene rings is 2. The highest BCUT2D eigenvalue weighted by molar-refractivity contribution is 7.92. The molecule has 33 heavy (non-hydrogen) atoms. The van der Waals surface area contributed by atoms with Crippen molar-refractivity contribution in [2.45, 2.75) is 53.2 Å². The van der Waals surface area contributed by atoms with Crippen LogP contribution in [0.2, 0.25) is 5.02 Å². The molecule has 0 fully saturated rings. The third kappa shape index (κ3) is 6.95. The van der Waals surface area contributed by atoms with Gasteiger partial charge in [0.25, 0.3) is 0 Å². The summed E-state index contributed by atoms with van der Waals surface area (Å²) in [5.74, 6) is -0.835. The number of aryl methyl sites for hydroxylation is 2. The second kappa shape index (κ2) is 11.0. The standard InChI is InChI=1S/C24H32ClN3O4S/c1-16(2)26-24(30)19(5)27(14-20-12-7-8-13-21(20)25)22(29)15-28(33(6,31)32)23-17(3)10-9-11-18(23)4/h7-13,16,19H,14-15H2,1-6H3,(H,26,30)/t19-/m1/s1. The van der Waals surface area contributed by atoms with E-state index in [1.54, 1.807) is 57.2 Å². The number of halogens is 1. The van der Waals surface area contributed by atoms with E-state index in [1.165, 1.54) is 4.90 Å². The molecule has 0 radical (unpaired) electrons. The van der Waals surface area contributed by atoms with E-state index in [-0.39, 0.29) is 18.5 Å². The molecule has 0 heterocycles. The van der Waals surface area contributed by atoms with E-state index in [9.17, 15) is 18.0 Å². The zero-order valence-electron chi connectivity index (χ0n) is 19.9. The van der Waals surface area contributed by atoms with Crippen LogP contribution in [-0.4, -0.2) is 50.0 Å². The average molecular weight is 494 g/mol. The maximum absolute atomic E-state index is 13.5. The van der Waals surface area contributed by atoms with Crippen LogP contribution in [0.4, 0.5) is 5.69 Å². The summed E-state index contributed by atoms with van der Waals surface area (Å²) >= 11 is 6.31. The van der Waals surface area contributed by atoms with Crippen LogP contribution in [0.15, 0.2) is 42.5 Å². The molecular weight excluding hydrogens is 462 g/mol. The summed E-state index contributed by atoms with van der Waals surface area (Å²) in [6.07, 6.45) is 1.07. The van der Waals surface area contributed by atoms with Crippen molar-refractivity contribution < 1.29 is 18.0 Å². The quantitative estimate of drug-likeness (QED) is 0.577. The van der Waals surface area contributed by atoms with Gasteiger partial charge in [-0.05, 0) is 57.4 Å². The molecule has 0 aliphatic carbocycles. The maximum atomic E-state index is 13.5. The lowest BCUT2D eigenvalue weighted by Crippen LogP contribution is -2.52. The molecule has 2 aromatic carbocycles. The van der Waals surface area contributed by atoms with Gasteiger partial charge in [0.1, 0.15) is 12.6 Å². The molecule has 0 aliphatic heterocycles. The van der Waals surface area contributed by atoms with Crippen molar-refractivity contribution in [3.05, 3.63) is 64.2 Å². The van der Waals surface area contributed by atoms with Crippen LogP contribution in [0.3, 0.4) is 0 Å². The number of amides is 2. The Balaban J connectivity index is 2.47. The number of rotatable bonds is 9. The Labute approximate surface area is 201 Å². The molecule has 7 nitrogen and oxygen atoms in total. The highest BCUT2D eigenvalue weighted by Gasteiger charge is 2.31. The molecule has 0 aromatic heterocycles. The lowest BCUT2D eigenvalue weighted by molar-refractivity contribution is -0.139. The molecule has 0 unspecified atom stereocenters. The molecule has 180 valence electrons. The normalized spacial score (nSPS) is 12.4. The van der Waals surface area contributed by atoms with Crippen molar-refractivity contribution in [1.82, 2.24) is 10.2 Å². The zero-order valence-corrected chi connectivity index (χ0v) is 21.5. The van der Waals surface area contributed by atoms with Crippen molar-refractivity contribution >= 4 is 39.1 Å². The number of hydrogen-bond acceptors (Lipinski definition) is 4. The summed E-state index contributed by atoms with van der Waals surface area (Å²) in [4.78, 5) is 27.7. The molecule has 1 N–H and O–H groups in total. The minimum Gasteiger partial charge on any atom is -0.352 e. The van der Waals surface area contributed by atoms with Crippen LogP contribution < -0.4 is 9.62 Å². The van der Waals surface area contributed by atoms with Gasteiger partial charge in [0.2, 0.25) is 21.8 Å². The molecule has 0 aliphatic rings. The Hall–Kier alpha value is -2.58. The Kier molecular flexibility index (Phi) is 8.91. The van der Waals surface area contributed by atoms with Gasteiger partial charge < -0.3 is 10.2 Å². The molecule has 0 spiro atoms. The first-order chi connectivity index (χ1) is 15.3. The van der Waals surface area contributed by atoms with E-state index < -0.39 is 28.5 Å². The van der Waals surface area contributed by atoms with E-state index in [1.807, 2.05) is 19.9 Å². The summed E-state index contributed by atoms with van der Waals surface area (Å²) in [6.45, 7) is 8.50. The number of hydrogen-bond donors (Lipinski definition) is 1. The topological polar surface area (TPSA) is 86.8 Å². The summed E-state index contributed by atoms with van der Waals surface area (Å²) in [5.41, 5.74) is 2.59. The first kappa shape index (κ1) is 26.7. The van der Waals surface area contributed by atoms with Crippen LogP contribution >= 0.6 is 11.6 Å². The fraction of sp³-hybridized carbons (Fsp3) is 0.417. The summed E-state index contributed by atoms with van der Waals surface area (Å²) in [6, 6.07) is 11.5. The third-order valence-corrected chi connectivity index (χ3v) is 6.75. The SMILES string of the molecule is Cc1cccc(C)c1N(CC(=O)N(Cc1ccccc1Cl)[C@H](C)C(=O)NC(C)C)S(C)(=O)=O. The first-order valence-corrected chi connectivity index (χ1v) is 12.9. The van der Waals surface area contributed by atoms with Gasteiger partial charge in [-0.2, -0.15) is 0 Å². The molecular formula is C24H32ClN3O4S. The summed E-state index contributed by atoms with van der Waals surface area (Å²) in [5, 5.41) is 3.27. The first-order valence-electron chi connectivity index (χ1n) is 10.7. The number of carbonyl (C=O) groups is 2. The second-order valence-electron chi connectivity index (χ2n) is 8.46. The van der Waals surface area contributed by atoms with Gasteiger partial charge in [-0.25, -0.2) is 8.42 Å². The molecule has 0 saturated carbocycles. The minimum absolute atomic E-state index is 0.0650.